The second kappa shape index (κ2) is 13.0. The molecule has 0 aromatic heterocycles. The largest absolute Gasteiger partial charge is 0.493 e. The summed E-state index contributed by atoms with van der Waals surface area (Å²) in [5, 5.41) is 16.1. The van der Waals surface area contributed by atoms with Gasteiger partial charge in [-0.15, -0.1) is 24.0 Å². The maximum Gasteiger partial charge on any atom is 0.203 e. The van der Waals surface area contributed by atoms with Crippen molar-refractivity contribution in [2.45, 2.75) is 26.3 Å². The fourth-order valence-electron chi connectivity index (χ4n) is 3.32. The molecule has 0 spiro atoms. The number of hydrogen-bond acceptors (Lipinski definition) is 6. The van der Waals surface area contributed by atoms with Crippen LogP contribution in [0.4, 0.5) is 0 Å². The SMILES string of the molecule is CCNC(=NCc1cc(OC)c(OC)c(OC)c1)NCC1(CCO)CCOC1.I. The zero-order chi connectivity index (χ0) is 20.4. The van der Waals surface area contributed by atoms with E-state index in [1.54, 1.807) is 21.3 Å². The van der Waals surface area contributed by atoms with Crippen LogP contribution in [0.2, 0.25) is 0 Å². The number of methoxy groups -OCH3 is 3. The van der Waals surface area contributed by atoms with Gasteiger partial charge in [0.2, 0.25) is 5.75 Å². The zero-order valence-electron chi connectivity index (χ0n) is 17.7. The van der Waals surface area contributed by atoms with Crippen LogP contribution in [0, 0.1) is 5.41 Å². The highest BCUT2D eigenvalue weighted by Gasteiger charge is 2.34. The van der Waals surface area contributed by atoms with Gasteiger partial charge in [0.1, 0.15) is 0 Å². The average Bonchev–Trinajstić information content (AvgIpc) is 3.18. The number of ether oxygens (including phenoxy) is 4. The normalized spacial score (nSPS) is 18.7. The quantitative estimate of drug-likeness (QED) is 0.246. The summed E-state index contributed by atoms with van der Waals surface area (Å²) in [5.74, 6) is 2.50. The molecule has 1 aromatic carbocycles. The first-order valence-corrected chi connectivity index (χ1v) is 9.61. The van der Waals surface area contributed by atoms with E-state index < -0.39 is 0 Å². The van der Waals surface area contributed by atoms with Gasteiger partial charge >= 0.3 is 0 Å². The van der Waals surface area contributed by atoms with Gasteiger partial charge in [0.15, 0.2) is 17.5 Å². The molecule has 1 fully saturated rings. The standard InChI is InChI=1S/C20H33N3O5.HI/c1-5-21-19(23-13-20(6-8-24)7-9-28-14-20)22-12-15-10-16(25-2)18(27-4)17(11-15)26-3;/h10-11,24H,5-9,12-14H2,1-4H3,(H2,21,22,23);1H. The Morgan fingerprint density at radius 1 is 1.17 bits per heavy atom. The molecule has 1 aliphatic heterocycles. The Kier molecular flexibility index (Phi) is 11.4. The number of benzene rings is 1. The van der Waals surface area contributed by atoms with E-state index in [2.05, 4.69) is 15.6 Å². The van der Waals surface area contributed by atoms with Crippen LogP contribution in [0.1, 0.15) is 25.3 Å². The van der Waals surface area contributed by atoms with Gasteiger partial charge in [-0.25, -0.2) is 4.99 Å². The summed E-state index contributed by atoms with van der Waals surface area (Å²) in [7, 11) is 4.78. The first-order chi connectivity index (χ1) is 13.6. The Bertz CT molecular complexity index is 626. The summed E-state index contributed by atoms with van der Waals surface area (Å²) in [4.78, 5) is 4.68. The third kappa shape index (κ3) is 7.07. The van der Waals surface area contributed by atoms with Crippen LogP contribution in [0.25, 0.3) is 0 Å². The smallest absolute Gasteiger partial charge is 0.203 e. The van der Waals surface area contributed by atoms with Gasteiger partial charge in [-0.2, -0.15) is 0 Å². The average molecular weight is 523 g/mol. The number of nitrogens with zero attached hydrogens (tertiary/aromatic N) is 1. The topological polar surface area (TPSA) is 93.6 Å². The number of nitrogens with one attached hydrogen (secondary N) is 2. The monoisotopic (exact) mass is 523 g/mol. The maximum atomic E-state index is 9.39. The van der Waals surface area contributed by atoms with E-state index in [1.807, 2.05) is 19.1 Å². The lowest BCUT2D eigenvalue weighted by molar-refractivity contribution is 0.127. The molecular formula is C20H34IN3O5. The molecule has 0 aliphatic carbocycles. The van der Waals surface area contributed by atoms with E-state index in [0.29, 0.717) is 43.4 Å². The van der Waals surface area contributed by atoms with Crippen molar-refractivity contribution >= 4 is 29.9 Å². The summed E-state index contributed by atoms with van der Waals surface area (Å²) in [6.07, 6.45) is 1.65. The van der Waals surface area contributed by atoms with Gasteiger partial charge in [-0.1, -0.05) is 0 Å². The fourth-order valence-corrected chi connectivity index (χ4v) is 3.32. The van der Waals surface area contributed by atoms with Gasteiger partial charge in [0.25, 0.3) is 0 Å². The van der Waals surface area contributed by atoms with Crippen molar-refractivity contribution in [3.63, 3.8) is 0 Å². The molecule has 9 heteroatoms. The number of aliphatic imine (C=N–C) groups is 1. The van der Waals surface area contributed by atoms with Gasteiger partial charge in [-0.3, -0.25) is 0 Å². The van der Waals surface area contributed by atoms with Crippen LogP contribution in [0.15, 0.2) is 17.1 Å². The van der Waals surface area contributed by atoms with Gasteiger partial charge < -0.3 is 34.7 Å². The van der Waals surface area contributed by atoms with Crippen LogP contribution in [-0.2, 0) is 11.3 Å². The minimum Gasteiger partial charge on any atom is -0.493 e. The number of halogens is 1. The zero-order valence-corrected chi connectivity index (χ0v) is 20.1. The van der Waals surface area contributed by atoms with Crippen LogP contribution < -0.4 is 24.8 Å². The minimum absolute atomic E-state index is 0. The van der Waals surface area contributed by atoms with Gasteiger partial charge in [0, 0.05) is 31.7 Å². The van der Waals surface area contributed by atoms with Crippen molar-refractivity contribution < 1.29 is 24.1 Å². The molecule has 166 valence electrons. The Labute approximate surface area is 190 Å². The van der Waals surface area contributed by atoms with Crippen molar-refractivity contribution in [3.8, 4) is 17.2 Å². The molecule has 1 aliphatic rings. The molecule has 1 heterocycles. The highest BCUT2D eigenvalue weighted by Crippen LogP contribution is 2.38. The Balaban J connectivity index is 0.00000420. The van der Waals surface area contributed by atoms with Gasteiger partial charge in [0.05, 0.1) is 34.5 Å². The highest BCUT2D eigenvalue weighted by molar-refractivity contribution is 14.0. The highest BCUT2D eigenvalue weighted by atomic mass is 127. The Hall–Kier alpha value is -1.46. The van der Waals surface area contributed by atoms with E-state index in [9.17, 15) is 5.11 Å². The number of aliphatic hydroxyl groups excluding tert-OH is 1. The molecule has 0 saturated carbocycles. The van der Waals surface area contributed by atoms with Gasteiger partial charge in [-0.05, 0) is 37.5 Å². The summed E-state index contributed by atoms with van der Waals surface area (Å²) >= 11 is 0. The number of guanidine groups is 1. The summed E-state index contributed by atoms with van der Waals surface area (Å²) < 4.78 is 21.7. The molecule has 1 atom stereocenters. The van der Waals surface area contributed by atoms with Crippen LogP contribution in [0.3, 0.4) is 0 Å². The molecule has 0 amide bonds. The number of aliphatic hydroxyl groups is 1. The molecule has 2 rings (SSSR count). The van der Waals surface area contributed by atoms with Crippen LogP contribution >= 0.6 is 24.0 Å². The van der Waals surface area contributed by atoms with Crippen molar-refractivity contribution in [1.29, 1.82) is 0 Å². The van der Waals surface area contributed by atoms with Crippen molar-refractivity contribution in [2.24, 2.45) is 10.4 Å². The summed E-state index contributed by atoms with van der Waals surface area (Å²) in [6, 6.07) is 3.79. The van der Waals surface area contributed by atoms with E-state index >= 15 is 0 Å². The third-order valence-corrected chi connectivity index (χ3v) is 4.95. The Morgan fingerprint density at radius 2 is 1.86 bits per heavy atom. The lowest BCUT2D eigenvalue weighted by Crippen LogP contribution is -2.44. The first-order valence-electron chi connectivity index (χ1n) is 9.61. The van der Waals surface area contributed by atoms with Crippen molar-refractivity contribution in [3.05, 3.63) is 17.7 Å². The Morgan fingerprint density at radius 3 is 2.34 bits per heavy atom. The second-order valence-electron chi connectivity index (χ2n) is 6.86. The first kappa shape index (κ1) is 25.6. The molecular weight excluding hydrogens is 489 g/mol. The third-order valence-electron chi connectivity index (χ3n) is 4.95. The molecule has 1 saturated heterocycles. The molecule has 0 radical (unpaired) electrons. The predicted octanol–water partition coefficient (Wildman–Crippen LogP) is 2.17. The van der Waals surface area contributed by atoms with Crippen LogP contribution in [0.5, 0.6) is 17.2 Å². The molecule has 0 bridgehead atoms. The summed E-state index contributed by atoms with van der Waals surface area (Å²) in [5.41, 5.74) is 0.901. The van der Waals surface area contributed by atoms with Crippen molar-refractivity contribution in [1.82, 2.24) is 10.6 Å². The summed E-state index contributed by atoms with van der Waals surface area (Å²) in [6.45, 7) is 5.49. The second-order valence-corrected chi connectivity index (χ2v) is 6.86. The molecule has 8 nitrogen and oxygen atoms in total. The molecule has 29 heavy (non-hydrogen) atoms. The molecule has 1 aromatic rings. The minimum atomic E-state index is -0.0442. The van der Waals surface area contributed by atoms with Crippen LogP contribution in [-0.4, -0.2) is 65.3 Å². The molecule has 1 unspecified atom stereocenters. The lowest BCUT2D eigenvalue weighted by Gasteiger charge is -2.27. The lowest BCUT2D eigenvalue weighted by atomic mass is 9.84. The molecule has 3 N–H and O–H groups in total. The maximum absolute atomic E-state index is 9.39. The van der Waals surface area contributed by atoms with E-state index in [4.69, 9.17) is 18.9 Å². The van der Waals surface area contributed by atoms with E-state index in [0.717, 1.165) is 31.1 Å². The number of hydrogen-bond donors (Lipinski definition) is 3. The number of rotatable bonds is 10. The van der Waals surface area contributed by atoms with E-state index in [1.165, 1.54) is 0 Å². The fraction of sp³-hybridized carbons (Fsp3) is 0.650. The van der Waals surface area contributed by atoms with E-state index in [-0.39, 0.29) is 36.0 Å². The predicted molar refractivity (Wildman–Crippen MR) is 124 cm³/mol. The van der Waals surface area contributed by atoms with Crippen molar-refractivity contribution in [2.75, 3.05) is 54.2 Å².